The molecule has 5 heteroatoms. The van der Waals surface area contributed by atoms with Crippen LogP contribution in [0.1, 0.15) is 15.9 Å². The van der Waals surface area contributed by atoms with Gasteiger partial charge >= 0.3 is 0 Å². The first-order valence-corrected chi connectivity index (χ1v) is 6.02. The maximum Gasteiger partial charge on any atom is 0.250 e. The molecule has 0 heterocycles. The summed E-state index contributed by atoms with van der Waals surface area (Å²) in [6.45, 7) is 0.332. The number of hydrogen-bond donors (Lipinski definition) is 2. The SMILES string of the molecule is NC(=O)c1ccc(NCc2ccccc2F)cc1Cl. The number of hydrogen-bond acceptors (Lipinski definition) is 2. The zero-order valence-electron chi connectivity index (χ0n) is 9.99. The summed E-state index contributed by atoms with van der Waals surface area (Å²) in [4.78, 5) is 11.0. The van der Waals surface area contributed by atoms with E-state index in [-0.39, 0.29) is 16.4 Å². The third kappa shape index (κ3) is 3.23. The van der Waals surface area contributed by atoms with Gasteiger partial charge in [0.05, 0.1) is 10.6 Å². The molecule has 0 bridgehead atoms. The monoisotopic (exact) mass is 278 g/mol. The Morgan fingerprint density at radius 3 is 2.63 bits per heavy atom. The first-order valence-electron chi connectivity index (χ1n) is 5.64. The van der Waals surface area contributed by atoms with Crippen molar-refractivity contribution in [3.63, 3.8) is 0 Å². The minimum atomic E-state index is -0.578. The molecule has 2 aromatic carbocycles. The second kappa shape index (κ2) is 5.71. The molecule has 0 spiro atoms. The van der Waals surface area contributed by atoms with Crippen molar-refractivity contribution in [2.45, 2.75) is 6.54 Å². The van der Waals surface area contributed by atoms with Crippen LogP contribution in [0.25, 0.3) is 0 Å². The maximum atomic E-state index is 13.4. The summed E-state index contributed by atoms with van der Waals surface area (Å²) >= 11 is 5.92. The number of amides is 1. The smallest absolute Gasteiger partial charge is 0.250 e. The van der Waals surface area contributed by atoms with Crippen molar-refractivity contribution >= 4 is 23.2 Å². The minimum absolute atomic E-state index is 0.262. The molecule has 3 N–H and O–H groups in total. The predicted molar refractivity (Wildman–Crippen MR) is 73.7 cm³/mol. The molecule has 0 saturated carbocycles. The molecule has 0 fully saturated rings. The van der Waals surface area contributed by atoms with Crippen molar-refractivity contribution in [1.29, 1.82) is 0 Å². The van der Waals surface area contributed by atoms with Gasteiger partial charge in [0.15, 0.2) is 0 Å². The number of nitrogens with one attached hydrogen (secondary N) is 1. The number of carbonyl (C=O) groups excluding carboxylic acids is 1. The van der Waals surface area contributed by atoms with Crippen LogP contribution in [0.5, 0.6) is 0 Å². The van der Waals surface area contributed by atoms with Gasteiger partial charge in [0.1, 0.15) is 5.82 Å². The summed E-state index contributed by atoms with van der Waals surface area (Å²) < 4.78 is 13.4. The van der Waals surface area contributed by atoms with Crippen LogP contribution < -0.4 is 11.1 Å². The van der Waals surface area contributed by atoms with Gasteiger partial charge in [-0.2, -0.15) is 0 Å². The number of benzene rings is 2. The van der Waals surface area contributed by atoms with Crippen LogP contribution in [0.15, 0.2) is 42.5 Å². The number of nitrogens with two attached hydrogens (primary N) is 1. The molecule has 2 aromatic rings. The average molecular weight is 279 g/mol. The fourth-order valence-corrected chi connectivity index (χ4v) is 1.94. The summed E-state index contributed by atoms with van der Waals surface area (Å²) in [6, 6.07) is 11.3. The van der Waals surface area contributed by atoms with Crippen LogP contribution >= 0.6 is 11.6 Å². The average Bonchev–Trinajstić information content (AvgIpc) is 2.37. The molecule has 0 aliphatic heterocycles. The Bertz CT molecular complexity index is 616. The van der Waals surface area contributed by atoms with Crippen molar-refractivity contribution in [3.05, 3.63) is 64.4 Å². The standard InChI is InChI=1S/C14H12ClFN2O/c15-12-7-10(5-6-11(12)14(17)19)18-8-9-3-1-2-4-13(9)16/h1-7,18H,8H2,(H2,17,19). The summed E-state index contributed by atoms with van der Waals surface area (Å²) in [6.07, 6.45) is 0. The number of primary amides is 1. The molecule has 3 nitrogen and oxygen atoms in total. The lowest BCUT2D eigenvalue weighted by atomic mass is 10.1. The van der Waals surface area contributed by atoms with E-state index in [4.69, 9.17) is 17.3 Å². The van der Waals surface area contributed by atoms with Gasteiger partial charge in [-0.15, -0.1) is 0 Å². The van der Waals surface area contributed by atoms with Gasteiger partial charge in [-0.25, -0.2) is 4.39 Å². The third-order valence-corrected chi connectivity index (χ3v) is 2.99. The van der Waals surface area contributed by atoms with E-state index in [1.807, 2.05) is 0 Å². The van der Waals surface area contributed by atoms with E-state index < -0.39 is 5.91 Å². The highest BCUT2D eigenvalue weighted by molar-refractivity contribution is 6.34. The topological polar surface area (TPSA) is 55.1 Å². The molecule has 0 aliphatic rings. The summed E-state index contributed by atoms with van der Waals surface area (Å²) in [5.74, 6) is -0.847. The lowest BCUT2D eigenvalue weighted by Gasteiger charge is -2.09. The third-order valence-electron chi connectivity index (χ3n) is 2.68. The van der Waals surface area contributed by atoms with Crippen molar-refractivity contribution < 1.29 is 9.18 Å². The van der Waals surface area contributed by atoms with Gasteiger partial charge in [-0.3, -0.25) is 4.79 Å². The summed E-state index contributed by atoms with van der Waals surface area (Å²) in [5, 5.41) is 3.30. The van der Waals surface area contributed by atoms with Crippen molar-refractivity contribution in [2.24, 2.45) is 5.73 Å². The van der Waals surface area contributed by atoms with Crippen LogP contribution in [0.2, 0.25) is 5.02 Å². The molecule has 98 valence electrons. The Morgan fingerprint density at radius 1 is 1.26 bits per heavy atom. The molecule has 0 radical (unpaired) electrons. The van der Waals surface area contributed by atoms with Crippen LogP contribution in [0, 0.1) is 5.82 Å². The molecule has 1 amide bonds. The zero-order valence-corrected chi connectivity index (χ0v) is 10.7. The predicted octanol–water partition coefficient (Wildman–Crippen LogP) is 3.19. The Hall–Kier alpha value is -2.07. The van der Waals surface area contributed by atoms with E-state index in [0.717, 1.165) is 0 Å². The second-order valence-corrected chi connectivity index (χ2v) is 4.41. The van der Waals surface area contributed by atoms with Gasteiger partial charge in [-0.05, 0) is 24.3 Å². The Labute approximate surface area is 115 Å². The molecular weight excluding hydrogens is 267 g/mol. The molecule has 0 aromatic heterocycles. The lowest BCUT2D eigenvalue weighted by Crippen LogP contribution is -2.11. The first-order chi connectivity index (χ1) is 9.08. The van der Waals surface area contributed by atoms with Crippen molar-refractivity contribution in [1.82, 2.24) is 0 Å². The zero-order chi connectivity index (χ0) is 13.8. The molecule has 19 heavy (non-hydrogen) atoms. The van der Waals surface area contributed by atoms with E-state index in [9.17, 15) is 9.18 Å². The Morgan fingerprint density at radius 2 is 2.00 bits per heavy atom. The van der Waals surface area contributed by atoms with Crippen molar-refractivity contribution in [2.75, 3.05) is 5.32 Å². The van der Waals surface area contributed by atoms with Gasteiger partial charge in [0, 0.05) is 17.8 Å². The maximum absolute atomic E-state index is 13.4. The van der Waals surface area contributed by atoms with E-state index in [1.165, 1.54) is 12.1 Å². The summed E-state index contributed by atoms with van der Waals surface area (Å²) in [7, 11) is 0. The van der Waals surface area contributed by atoms with Gasteiger partial charge in [0.2, 0.25) is 5.91 Å². The van der Waals surface area contributed by atoms with E-state index in [1.54, 1.807) is 30.3 Å². The van der Waals surface area contributed by atoms with Gasteiger partial charge in [0.25, 0.3) is 0 Å². The molecule has 0 saturated heterocycles. The number of anilines is 1. The van der Waals surface area contributed by atoms with Crippen molar-refractivity contribution in [3.8, 4) is 0 Å². The Balaban J connectivity index is 2.11. The van der Waals surface area contributed by atoms with Crippen LogP contribution in [-0.2, 0) is 6.54 Å². The van der Waals surface area contributed by atoms with Gasteiger partial charge < -0.3 is 11.1 Å². The number of halogens is 2. The fraction of sp³-hybridized carbons (Fsp3) is 0.0714. The largest absolute Gasteiger partial charge is 0.381 e. The second-order valence-electron chi connectivity index (χ2n) is 4.00. The molecule has 0 atom stereocenters. The molecule has 0 unspecified atom stereocenters. The highest BCUT2D eigenvalue weighted by Crippen LogP contribution is 2.21. The van der Waals surface area contributed by atoms with Crippen LogP contribution in [0.4, 0.5) is 10.1 Å². The first kappa shape index (κ1) is 13.4. The van der Waals surface area contributed by atoms with Gasteiger partial charge in [-0.1, -0.05) is 29.8 Å². The quantitative estimate of drug-likeness (QED) is 0.902. The summed E-state index contributed by atoms with van der Waals surface area (Å²) in [5.41, 5.74) is 6.66. The van der Waals surface area contributed by atoms with E-state index in [2.05, 4.69) is 5.32 Å². The highest BCUT2D eigenvalue weighted by Gasteiger charge is 2.07. The molecule has 0 aliphatic carbocycles. The van der Waals surface area contributed by atoms with E-state index in [0.29, 0.717) is 17.8 Å². The lowest BCUT2D eigenvalue weighted by molar-refractivity contribution is 0.100. The van der Waals surface area contributed by atoms with Crippen LogP contribution in [0.3, 0.4) is 0 Å². The minimum Gasteiger partial charge on any atom is -0.381 e. The fourth-order valence-electron chi connectivity index (χ4n) is 1.66. The number of carbonyl (C=O) groups is 1. The van der Waals surface area contributed by atoms with Crippen LogP contribution in [-0.4, -0.2) is 5.91 Å². The molecule has 2 rings (SSSR count). The van der Waals surface area contributed by atoms with E-state index >= 15 is 0 Å². The highest BCUT2D eigenvalue weighted by atomic mass is 35.5. The normalized spacial score (nSPS) is 10.2. The Kier molecular flexibility index (Phi) is 4.02. The number of rotatable bonds is 4. The molecular formula is C14H12ClFN2O.